The monoisotopic (exact) mass is 982 g/mol. The van der Waals surface area contributed by atoms with Crippen molar-refractivity contribution in [3.8, 4) is 0 Å². The van der Waals surface area contributed by atoms with E-state index in [4.69, 9.17) is 4.74 Å². The van der Waals surface area contributed by atoms with E-state index in [1.54, 1.807) is 6.08 Å². The number of unbranched alkanes of at least 4 members (excludes halogenated alkanes) is 40. The summed E-state index contributed by atoms with van der Waals surface area (Å²) in [6.45, 7) is 4.86. The second-order valence-electron chi connectivity index (χ2n) is 21.0. The molecule has 0 aromatic heterocycles. The van der Waals surface area contributed by atoms with Crippen LogP contribution in [-0.4, -0.2) is 47.4 Å². The molecule has 0 aromatic rings. The smallest absolute Gasteiger partial charge is 0.305 e. The predicted octanol–water partition coefficient (Wildman–Crippen LogP) is 19.4. The Labute approximate surface area is 436 Å². The molecule has 0 radical (unpaired) electrons. The molecule has 2 atom stereocenters. The van der Waals surface area contributed by atoms with E-state index in [1.807, 2.05) is 6.08 Å². The molecule has 0 aliphatic carbocycles. The van der Waals surface area contributed by atoms with Crippen molar-refractivity contribution < 1.29 is 24.5 Å². The molecule has 0 aromatic carbocycles. The van der Waals surface area contributed by atoms with Gasteiger partial charge in [-0.15, -0.1) is 0 Å². The topological polar surface area (TPSA) is 95.9 Å². The van der Waals surface area contributed by atoms with Crippen LogP contribution in [0.2, 0.25) is 0 Å². The molecule has 6 heteroatoms. The quantitative estimate of drug-likeness (QED) is 0.0321. The summed E-state index contributed by atoms with van der Waals surface area (Å²) in [5.41, 5.74) is 0. The summed E-state index contributed by atoms with van der Waals surface area (Å²) in [5.74, 6) is -0.0776. The number of ether oxygens (including phenoxy) is 1. The first kappa shape index (κ1) is 67.8. The molecule has 0 aliphatic rings. The summed E-state index contributed by atoms with van der Waals surface area (Å²) in [7, 11) is 0. The molecule has 0 heterocycles. The van der Waals surface area contributed by atoms with Crippen LogP contribution in [0.4, 0.5) is 0 Å². The zero-order valence-corrected chi connectivity index (χ0v) is 46.7. The van der Waals surface area contributed by atoms with E-state index in [-0.39, 0.29) is 18.5 Å². The largest absolute Gasteiger partial charge is 0.466 e. The van der Waals surface area contributed by atoms with E-state index in [1.165, 1.54) is 238 Å². The number of nitrogens with one attached hydrogen (secondary N) is 1. The third-order valence-electron chi connectivity index (χ3n) is 14.1. The number of aliphatic hydroxyl groups is 2. The Kier molecular flexibility index (Phi) is 57.5. The highest BCUT2D eigenvalue weighted by Crippen LogP contribution is 2.17. The second kappa shape index (κ2) is 59.4. The fourth-order valence-electron chi connectivity index (χ4n) is 9.29. The van der Waals surface area contributed by atoms with Gasteiger partial charge in [0.25, 0.3) is 0 Å². The minimum atomic E-state index is -0.849. The van der Waals surface area contributed by atoms with Crippen LogP contribution >= 0.6 is 0 Å². The van der Waals surface area contributed by atoms with Crippen molar-refractivity contribution in [3.63, 3.8) is 0 Å². The number of esters is 1. The number of hydrogen-bond donors (Lipinski definition) is 3. The molecule has 0 saturated heterocycles. The maximum atomic E-state index is 12.5. The van der Waals surface area contributed by atoms with Gasteiger partial charge in [0, 0.05) is 12.8 Å². The molecule has 1 amide bonds. The van der Waals surface area contributed by atoms with Crippen LogP contribution in [0.25, 0.3) is 0 Å². The Balaban J connectivity index is 3.45. The molecular formula is C64H119NO5. The van der Waals surface area contributed by atoms with Crippen LogP contribution in [-0.2, 0) is 14.3 Å². The van der Waals surface area contributed by atoms with Gasteiger partial charge in [0.1, 0.15) is 0 Å². The molecule has 0 aliphatic heterocycles. The van der Waals surface area contributed by atoms with Gasteiger partial charge in [-0.25, -0.2) is 0 Å². The molecule has 6 nitrogen and oxygen atoms in total. The first-order valence-electron chi connectivity index (χ1n) is 30.9. The number of carbonyl (C=O) groups excluding carboxylic acids is 2. The van der Waals surface area contributed by atoms with Crippen LogP contribution in [0.3, 0.4) is 0 Å². The Bertz CT molecular complexity index is 1180. The Morgan fingerprint density at radius 2 is 0.729 bits per heavy atom. The third-order valence-corrected chi connectivity index (χ3v) is 14.1. The van der Waals surface area contributed by atoms with Gasteiger partial charge in [-0.1, -0.05) is 274 Å². The summed E-state index contributed by atoms with van der Waals surface area (Å²) in [5, 5.41) is 23.1. The lowest BCUT2D eigenvalue weighted by atomic mass is 10.0. The zero-order valence-electron chi connectivity index (χ0n) is 46.7. The molecule has 3 N–H and O–H groups in total. The maximum absolute atomic E-state index is 12.5. The highest BCUT2D eigenvalue weighted by molar-refractivity contribution is 5.76. The van der Waals surface area contributed by atoms with Crippen molar-refractivity contribution in [1.82, 2.24) is 5.32 Å². The number of carbonyl (C=O) groups is 2. The molecule has 0 bridgehead atoms. The molecule has 410 valence electrons. The van der Waals surface area contributed by atoms with E-state index in [9.17, 15) is 19.8 Å². The highest BCUT2D eigenvalue weighted by Gasteiger charge is 2.18. The molecule has 0 spiro atoms. The molecule has 2 unspecified atom stereocenters. The lowest BCUT2D eigenvalue weighted by Gasteiger charge is -2.20. The van der Waals surface area contributed by atoms with Gasteiger partial charge in [-0.3, -0.25) is 9.59 Å². The Morgan fingerprint density at radius 1 is 0.400 bits per heavy atom. The third kappa shape index (κ3) is 55.1. The maximum Gasteiger partial charge on any atom is 0.305 e. The fraction of sp³-hybridized carbons (Fsp3) is 0.844. The lowest BCUT2D eigenvalue weighted by molar-refractivity contribution is -0.143. The van der Waals surface area contributed by atoms with Crippen LogP contribution in [0.15, 0.2) is 48.6 Å². The number of allylic oxidation sites excluding steroid dienone is 7. The van der Waals surface area contributed by atoms with Crippen LogP contribution in [0.5, 0.6) is 0 Å². The first-order chi connectivity index (χ1) is 34.5. The van der Waals surface area contributed by atoms with Crippen molar-refractivity contribution in [2.45, 2.75) is 334 Å². The number of rotatable bonds is 57. The van der Waals surface area contributed by atoms with E-state index < -0.39 is 12.1 Å². The molecule has 70 heavy (non-hydrogen) atoms. The number of amides is 1. The fourth-order valence-corrected chi connectivity index (χ4v) is 9.29. The minimum Gasteiger partial charge on any atom is -0.466 e. The SMILES string of the molecule is CCCC/C=C\C/C=C\CCCCCCCC(=O)OCCCCCCCCCCCCCC/C=C\CCCCCCCCCC(=O)NC(CO)C(O)/C=C/CCCCCCCCCCCCCCCC. The van der Waals surface area contributed by atoms with Crippen LogP contribution in [0, 0.1) is 0 Å². The van der Waals surface area contributed by atoms with Gasteiger partial charge >= 0.3 is 5.97 Å². The number of aliphatic hydroxyl groups excluding tert-OH is 2. The molecular weight excluding hydrogens is 863 g/mol. The van der Waals surface area contributed by atoms with Crippen LogP contribution in [0.1, 0.15) is 322 Å². The van der Waals surface area contributed by atoms with Crippen LogP contribution < -0.4 is 5.32 Å². The van der Waals surface area contributed by atoms with Gasteiger partial charge in [0.2, 0.25) is 5.91 Å². The van der Waals surface area contributed by atoms with Gasteiger partial charge in [0.15, 0.2) is 0 Å². The minimum absolute atomic E-state index is 0.00401. The molecule has 0 fully saturated rings. The van der Waals surface area contributed by atoms with Gasteiger partial charge in [-0.05, 0) is 83.5 Å². The highest BCUT2D eigenvalue weighted by atomic mass is 16.5. The van der Waals surface area contributed by atoms with Crippen molar-refractivity contribution >= 4 is 11.9 Å². The summed E-state index contributed by atoms with van der Waals surface area (Å²) in [4.78, 5) is 24.5. The van der Waals surface area contributed by atoms with Crippen molar-refractivity contribution in [2.24, 2.45) is 0 Å². The molecule has 0 saturated carbocycles. The normalized spacial score (nSPS) is 12.9. The Hall–Kier alpha value is -2.18. The lowest BCUT2D eigenvalue weighted by Crippen LogP contribution is -2.45. The molecule has 0 rings (SSSR count). The summed E-state index contributed by atoms with van der Waals surface area (Å²) in [6, 6.07) is -0.633. The van der Waals surface area contributed by atoms with E-state index in [0.29, 0.717) is 19.4 Å². The summed E-state index contributed by atoms with van der Waals surface area (Å²) in [6.07, 6.45) is 75.7. The van der Waals surface area contributed by atoms with Crippen molar-refractivity contribution in [3.05, 3.63) is 48.6 Å². The predicted molar refractivity (Wildman–Crippen MR) is 306 cm³/mol. The summed E-state index contributed by atoms with van der Waals surface area (Å²) >= 11 is 0. The second-order valence-corrected chi connectivity index (χ2v) is 21.0. The average Bonchev–Trinajstić information content (AvgIpc) is 3.36. The standard InChI is InChI=1S/C64H119NO5/c1-3-5-7-9-11-13-15-17-19-29-32-36-40-44-48-52-56-62(67)61(60-66)65-63(68)57-53-49-45-41-37-33-30-27-25-23-21-20-22-24-26-28-31-35-39-43-47-51-55-59-70-64(69)58-54-50-46-42-38-34-18-16-14-12-10-8-6-4-2/h10,12,16,18,23,25,52,56,61-62,66-67H,3-9,11,13-15,17,19-22,24,26-51,53-55,57-60H2,1-2H3,(H,65,68)/b12-10-,18-16-,25-23-,56-52+. The average molecular weight is 983 g/mol. The zero-order chi connectivity index (χ0) is 50.7. The van der Waals surface area contributed by atoms with E-state index in [2.05, 4.69) is 55.6 Å². The Morgan fingerprint density at radius 3 is 1.14 bits per heavy atom. The van der Waals surface area contributed by atoms with Gasteiger partial charge in [0.05, 0.1) is 25.4 Å². The first-order valence-corrected chi connectivity index (χ1v) is 30.9. The van der Waals surface area contributed by atoms with Gasteiger partial charge < -0.3 is 20.3 Å². The van der Waals surface area contributed by atoms with E-state index >= 15 is 0 Å². The summed E-state index contributed by atoms with van der Waals surface area (Å²) < 4.78 is 5.47. The van der Waals surface area contributed by atoms with Crippen molar-refractivity contribution in [1.29, 1.82) is 0 Å². The van der Waals surface area contributed by atoms with E-state index in [0.717, 1.165) is 57.8 Å². The number of hydrogen-bond acceptors (Lipinski definition) is 5. The van der Waals surface area contributed by atoms with Gasteiger partial charge in [-0.2, -0.15) is 0 Å². The van der Waals surface area contributed by atoms with Crippen molar-refractivity contribution in [2.75, 3.05) is 13.2 Å².